The van der Waals surface area contributed by atoms with Gasteiger partial charge < -0.3 is 10.4 Å². The van der Waals surface area contributed by atoms with E-state index in [-0.39, 0.29) is 12.6 Å². The maximum Gasteiger partial charge on any atom is 0.320 e. The van der Waals surface area contributed by atoms with Crippen molar-refractivity contribution in [3.63, 3.8) is 0 Å². The van der Waals surface area contributed by atoms with E-state index in [1.165, 1.54) is 30.6 Å². The lowest BCUT2D eigenvalue weighted by atomic mass is 9.83. The monoisotopic (exact) mass is 334 g/mol. The van der Waals surface area contributed by atoms with Gasteiger partial charge in [-0.1, -0.05) is 6.42 Å². The summed E-state index contributed by atoms with van der Waals surface area (Å²) in [6, 6.07) is 3.44. The normalized spacial score (nSPS) is 17.3. The van der Waals surface area contributed by atoms with E-state index in [1.54, 1.807) is 11.6 Å². The Kier molecular flexibility index (Phi) is 4.41. The fourth-order valence-corrected chi connectivity index (χ4v) is 3.38. The van der Waals surface area contributed by atoms with Gasteiger partial charge in [0.25, 0.3) is 0 Å². The number of hydrogen-bond acceptors (Lipinski definition) is 4. The van der Waals surface area contributed by atoms with Crippen LogP contribution in [0.1, 0.15) is 43.4 Å². The van der Waals surface area contributed by atoms with Gasteiger partial charge in [0.1, 0.15) is 11.4 Å². The predicted octanol–water partition coefficient (Wildman–Crippen LogP) is 2.78. The molecule has 0 aromatic carbocycles. The number of aryl methyl sites for hydroxylation is 1. The molecule has 7 heteroatoms. The summed E-state index contributed by atoms with van der Waals surface area (Å²) in [5, 5.41) is 24.2. The molecule has 1 aliphatic carbocycles. The molecule has 2 amide bonds. The number of urea groups is 1. The third-order valence-electron chi connectivity index (χ3n) is 4.40. The summed E-state index contributed by atoms with van der Waals surface area (Å²) >= 11 is 1.52. The Morgan fingerprint density at radius 2 is 2.35 bits per heavy atom. The largest absolute Gasteiger partial charge is 0.384 e. The van der Waals surface area contributed by atoms with Crippen molar-refractivity contribution in [3.05, 3.63) is 34.2 Å². The van der Waals surface area contributed by atoms with Crippen molar-refractivity contribution < 1.29 is 9.90 Å². The maximum absolute atomic E-state index is 12.1. The second-order valence-corrected chi connectivity index (χ2v) is 7.08. The first-order chi connectivity index (χ1) is 11.0. The average molecular weight is 334 g/mol. The van der Waals surface area contributed by atoms with E-state index in [4.69, 9.17) is 0 Å². The van der Waals surface area contributed by atoms with E-state index in [0.29, 0.717) is 11.7 Å². The predicted molar refractivity (Wildman–Crippen MR) is 90.7 cm³/mol. The first-order valence-electron chi connectivity index (χ1n) is 7.79. The molecule has 0 radical (unpaired) electrons. The van der Waals surface area contributed by atoms with Gasteiger partial charge in [-0.3, -0.25) is 10.00 Å². The topological polar surface area (TPSA) is 79.2 Å². The van der Waals surface area contributed by atoms with E-state index in [2.05, 4.69) is 15.7 Å². The zero-order chi connectivity index (χ0) is 16.4. The van der Waals surface area contributed by atoms with Crippen LogP contribution in [0.2, 0.25) is 0 Å². The number of rotatable bonds is 5. The summed E-state index contributed by atoms with van der Waals surface area (Å²) in [6.07, 6.45) is 3.60. The summed E-state index contributed by atoms with van der Waals surface area (Å²) in [6.45, 7) is 1.83. The number of aliphatic hydroxyl groups is 1. The van der Waals surface area contributed by atoms with Crippen LogP contribution in [0.15, 0.2) is 22.9 Å². The first-order valence-corrected chi connectivity index (χ1v) is 8.74. The van der Waals surface area contributed by atoms with Gasteiger partial charge in [0.2, 0.25) is 0 Å². The Labute approximate surface area is 139 Å². The lowest BCUT2D eigenvalue weighted by Crippen LogP contribution is -2.40. The van der Waals surface area contributed by atoms with Crippen molar-refractivity contribution in [3.8, 4) is 0 Å². The van der Waals surface area contributed by atoms with Crippen LogP contribution in [0.25, 0.3) is 0 Å². The highest BCUT2D eigenvalue weighted by Crippen LogP contribution is 2.36. The van der Waals surface area contributed by atoms with Gasteiger partial charge in [-0.25, -0.2) is 4.79 Å². The second kappa shape index (κ2) is 6.33. The molecule has 3 N–H and O–H groups in total. The number of nitrogens with zero attached hydrogens (tertiary/aromatic N) is 2. The lowest BCUT2D eigenvalue weighted by Gasteiger charge is -2.23. The molecule has 23 heavy (non-hydrogen) atoms. The Morgan fingerprint density at radius 1 is 1.57 bits per heavy atom. The molecule has 6 nitrogen and oxygen atoms in total. The Bertz CT molecular complexity index is 674. The molecular weight excluding hydrogens is 312 g/mol. The van der Waals surface area contributed by atoms with E-state index in [1.807, 2.05) is 29.9 Å². The molecule has 2 aromatic heterocycles. The SMILES string of the molecule is Cn1nc(C2CCC2)cc1NC(=O)NCC(C)(O)c1ccsc1. The molecule has 2 heterocycles. The van der Waals surface area contributed by atoms with Gasteiger partial charge in [-0.2, -0.15) is 16.4 Å². The van der Waals surface area contributed by atoms with Crippen molar-refractivity contribution in [2.24, 2.45) is 7.05 Å². The second-order valence-electron chi connectivity index (χ2n) is 6.30. The molecule has 0 bridgehead atoms. The highest BCUT2D eigenvalue weighted by Gasteiger charge is 2.25. The fraction of sp³-hybridized carbons (Fsp3) is 0.500. The van der Waals surface area contributed by atoms with E-state index < -0.39 is 5.60 Å². The summed E-state index contributed by atoms with van der Waals surface area (Å²) in [7, 11) is 1.82. The molecule has 1 aliphatic rings. The quantitative estimate of drug-likeness (QED) is 0.786. The van der Waals surface area contributed by atoms with Crippen LogP contribution in [0.5, 0.6) is 0 Å². The minimum atomic E-state index is -1.08. The fourth-order valence-electron chi connectivity index (χ4n) is 2.60. The number of thiophene rings is 1. The number of carbonyl (C=O) groups is 1. The molecule has 0 aliphatic heterocycles. The molecule has 0 spiro atoms. The zero-order valence-corrected chi connectivity index (χ0v) is 14.2. The molecular formula is C16H22N4O2S. The van der Waals surface area contributed by atoms with Crippen molar-refractivity contribution >= 4 is 23.2 Å². The Balaban J connectivity index is 1.56. The molecule has 1 saturated carbocycles. The van der Waals surface area contributed by atoms with Gasteiger partial charge in [0.15, 0.2) is 0 Å². The van der Waals surface area contributed by atoms with Gasteiger partial charge in [0.05, 0.1) is 12.2 Å². The maximum atomic E-state index is 12.1. The summed E-state index contributed by atoms with van der Waals surface area (Å²) in [5.41, 5.74) is 0.760. The minimum absolute atomic E-state index is 0.142. The number of hydrogen-bond donors (Lipinski definition) is 3. The van der Waals surface area contributed by atoms with Crippen LogP contribution in [-0.4, -0.2) is 27.5 Å². The first kappa shape index (κ1) is 16.0. The van der Waals surface area contributed by atoms with Gasteiger partial charge >= 0.3 is 6.03 Å². The third-order valence-corrected chi connectivity index (χ3v) is 5.08. The Morgan fingerprint density at radius 3 is 2.96 bits per heavy atom. The minimum Gasteiger partial charge on any atom is -0.384 e. The van der Waals surface area contributed by atoms with Crippen LogP contribution >= 0.6 is 11.3 Å². The van der Waals surface area contributed by atoms with Gasteiger partial charge in [0, 0.05) is 19.0 Å². The van der Waals surface area contributed by atoms with Gasteiger partial charge in [-0.15, -0.1) is 0 Å². The van der Waals surface area contributed by atoms with Crippen LogP contribution in [0.4, 0.5) is 10.6 Å². The van der Waals surface area contributed by atoms with Crippen LogP contribution < -0.4 is 10.6 Å². The molecule has 0 saturated heterocycles. The number of nitrogens with one attached hydrogen (secondary N) is 2. The van der Waals surface area contributed by atoms with Crippen molar-refractivity contribution in [2.75, 3.05) is 11.9 Å². The molecule has 3 rings (SSSR count). The zero-order valence-electron chi connectivity index (χ0n) is 13.4. The Hall–Kier alpha value is -1.86. The summed E-state index contributed by atoms with van der Waals surface area (Å²) < 4.78 is 1.68. The van der Waals surface area contributed by atoms with Crippen molar-refractivity contribution in [1.29, 1.82) is 0 Å². The number of aromatic nitrogens is 2. The van der Waals surface area contributed by atoms with Crippen molar-refractivity contribution in [2.45, 2.75) is 37.7 Å². The van der Waals surface area contributed by atoms with E-state index in [9.17, 15) is 9.90 Å². The highest BCUT2D eigenvalue weighted by atomic mass is 32.1. The third kappa shape index (κ3) is 3.56. The smallest absolute Gasteiger partial charge is 0.320 e. The molecule has 1 fully saturated rings. The summed E-state index contributed by atoms with van der Waals surface area (Å²) in [4.78, 5) is 12.1. The van der Waals surface area contributed by atoms with Crippen LogP contribution in [-0.2, 0) is 12.6 Å². The molecule has 124 valence electrons. The summed E-state index contributed by atoms with van der Waals surface area (Å²) in [5.74, 6) is 1.19. The van der Waals surface area contributed by atoms with Crippen LogP contribution in [0, 0.1) is 0 Å². The van der Waals surface area contributed by atoms with Crippen LogP contribution in [0.3, 0.4) is 0 Å². The lowest BCUT2D eigenvalue weighted by molar-refractivity contribution is 0.0604. The molecule has 1 unspecified atom stereocenters. The standard InChI is InChI=1S/C16H22N4O2S/c1-16(22,12-6-7-23-9-12)10-17-15(21)18-14-8-13(19-20(14)2)11-4-3-5-11/h6-9,11,22H,3-5,10H2,1-2H3,(H2,17,18,21). The molecule has 1 atom stereocenters. The number of amides is 2. The van der Waals surface area contributed by atoms with E-state index in [0.717, 1.165) is 11.3 Å². The molecule has 2 aromatic rings. The van der Waals surface area contributed by atoms with E-state index >= 15 is 0 Å². The number of carbonyl (C=O) groups excluding carboxylic acids is 1. The average Bonchev–Trinajstić information content (AvgIpc) is 3.06. The number of anilines is 1. The highest BCUT2D eigenvalue weighted by molar-refractivity contribution is 7.08. The van der Waals surface area contributed by atoms with Gasteiger partial charge in [-0.05, 0) is 42.2 Å². The van der Waals surface area contributed by atoms with Crippen molar-refractivity contribution in [1.82, 2.24) is 15.1 Å².